The van der Waals surface area contributed by atoms with E-state index in [1.54, 1.807) is 23.9 Å². The Morgan fingerprint density at radius 3 is 2.60 bits per heavy atom. The molecule has 1 aromatic carbocycles. The predicted octanol–water partition coefficient (Wildman–Crippen LogP) is 2.75. The van der Waals surface area contributed by atoms with Crippen LogP contribution in [0.15, 0.2) is 30.3 Å². The maximum Gasteiger partial charge on any atom is 0.258 e. The van der Waals surface area contributed by atoms with E-state index in [0.717, 1.165) is 31.4 Å². The van der Waals surface area contributed by atoms with Gasteiger partial charge in [-0.3, -0.25) is 9.59 Å². The van der Waals surface area contributed by atoms with E-state index in [0.29, 0.717) is 12.2 Å². The summed E-state index contributed by atoms with van der Waals surface area (Å²) in [6.45, 7) is -0.0868. The van der Waals surface area contributed by atoms with Gasteiger partial charge in [-0.2, -0.15) is 11.8 Å². The Bertz CT molecular complexity index is 533. The van der Waals surface area contributed by atoms with E-state index >= 15 is 0 Å². The van der Waals surface area contributed by atoms with Crippen LogP contribution in [-0.4, -0.2) is 42.5 Å². The topological polar surface area (TPSA) is 67.4 Å². The van der Waals surface area contributed by atoms with Crippen molar-refractivity contribution < 1.29 is 14.3 Å². The Morgan fingerprint density at radius 1 is 1.20 bits per heavy atom. The molecule has 1 aliphatic rings. The molecule has 1 atom stereocenters. The molecule has 5 nitrogen and oxygen atoms in total. The molecular formula is C19H28N2O3S. The summed E-state index contributed by atoms with van der Waals surface area (Å²) in [7, 11) is 0. The third-order valence-corrected chi connectivity index (χ3v) is 4.97. The number of hydrogen-bond acceptors (Lipinski definition) is 4. The standard InChI is InChI=1S/C19H28N2O3S/c1-25-13-12-17(19(23)20-15-8-4-2-5-9-15)21-18(22)14-24-16-10-6-3-7-11-16/h3,6-7,10-11,15,17H,2,4-5,8-9,12-14H2,1H3,(H,20,23)(H,21,22)/t17-/m1/s1. The zero-order chi connectivity index (χ0) is 17.9. The Balaban J connectivity index is 1.82. The molecular weight excluding hydrogens is 336 g/mol. The molecule has 25 heavy (non-hydrogen) atoms. The minimum Gasteiger partial charge on any atom is -0.484 e. The summed E-state index contributed by atoms with van der Waals surface area (Å²) in [5.41, 5.74) is 0. The van der Waals surface area contributed by atoms with Gasteiger partial charge >= 0.3 is 0 Å². The zero-order valence-electron chi connectivity index (χ0n) is 14.8. The van der Waals surface area contributed by atoms with Gasteiger partial charge in [0.2, 0.25) is 5.91 Å². The molecule has 0 bridgehead atoms. The molecule has 0 saturated heterocycles. The van der Waals surface area contributed by atoms with Crippen molar-refractivity contribution in [3.05, 3.63) is 30.3 Å². The lowest BCUT2D eigenvalue weighted by Crippen LogP contribution is -2.51. The van der Waals surface area contributed by atoms with Crippen molar-refractivity contribution in [3.63, 3.8) is 0 Å². The van der Waals surface area contributed by atoms with Crippen molar-refractivity contribution in [1.82, 2.24) is 10.6 Å². The van der Waals surface area contributed by atoms with E-state index in [4.69, 9.17) is 4.74 Å². The van der Waals surface area contributed by atoms with E-state index in [1.165, 1.54) is 6.42 Å². The Labute approximate surface area is 154 Å². The fraction of sp³-hybridized carbons (Fsp3) is 0.579. The number of rotatable bonds is 9. The fourth-order valence-corrected chi connectivity index (χ4v) is 3.43. The lowest BCUT2D eigenvalue weighted by atomic mass is 9.95. The average Bonchev–Trinajstić information content (AvgIpc) is 2.65. The van der Waals surface area contributed by atoms with Crippen LogP contribution in [-0.2, 0) is 9.59 Å². The molecule has 0 spiro atoms. The van der Waals surface area contributed by atoms with Gasteiger partial charge in [-0.1, -0.05) is 37.5 Å². The maximum absolute atomic E-state index is 12.6. The van der Waals surface area contributed by atoms with Crippen LogP contribution in [0.25, 0.3) is 0 Å². The molecule has 1 saturated carbocycles. The molecule has 1 aliphatic carbocycles. The first kappa shape index (κ1) is 19.6. The highest BCUT2D eigenvalue weighted by molar-refractivity contribution is 7.98. The van der Waals surface area contributed by atoms with E-state index in [9.17, 15) is 9.59 Å². The molecule has 138 valence electrons. The molecule has 0 unspecified atom stereocenters. The second-order valence-electron chi connectivity index (χ2n) is 6.35. The van der Waals surface area contributed by atoms with Gasteiger partial charge in [-0.05, 0) is 43.4 Å². The normalized spacial score (nSPS) is 16.0. The summed E-state index contributed by atoms with van der Waals surface area (Å²) in [6, 6.07) is 8.94. The van der Waals surface area contributed by atoms with Crippen LogP contribution < -0.4 is 15.4 Å². The lowest BCUT2D eigenvalue weighted by Gasteiger charge is -2.26. The highest BCUT2D eigenvalue weighted by atomic mass is 32.2. The minimum absolute atomic E-state index is 0.0750. The first-order chi connectivity index (χ1) is 12.2. The van der Waals surface area contributed by atoms with E-state index in [-0.39, 0.29) is 24.5 Å². The molecule has 0 aromatic heterocycles. The van der Waals surface area contributed by atoms with Crippen LogP contribution in [0.4, 0.5) is 0 Å². The van der Waals surface area contributed by atoms with Gasteiger partial charge in [0.1, 0.15) is 11.8 Å². The molecule has 2 N–H and O–H groups in total. The minimum atomic E-state index is -0.499. The van der Waals surface area contributed by atoms with Crippen LogP contribution in [0, 0.1) is 0 Å². The van der Waals surface area contributed by atoms with E-state index in [1.807, 2.05) is 24.5 Å². The Morgan fingerprint density at radius 2 is 1.92 bits per heavy atom. The zero-order valence-corrected chi connectivity index (χ0v) is 15.6. The fourth-order valence-electron chi connectivity index (χ4n) is 2.95. The number of hydrogen-bond donors (Lipinski definition) is 2. The van der Waals surface area contributed by atoms with Gasteiger partial charge in [0, 0.05) is 6.04 Å². The lowest BCUT2D eigenvalue weighted by molar-refractivity contribution is -0.130. The van der Waals surface area contributed by atoms with E-state index < -0.39 is 6.04 Å². The van der Waals surface area contributed by atoms with Crippen LogP contribution in [0.1, 0.15) is 38.5 Å². The summed E-state index contributed by atoms with van der Waals surface area (Å²) in [5, 5.41) is 5.93. The summed E-state index contributed by atoms with van der Waals surface area (Å²) in [4.78, 5) is 24.7. The number of thioether (sulfide) groups is 1. The van der Waals surface area contributed by atoms with Crippen LogP contribution in [0.3, 0.4) is 0 Å². The molecule has 1 aromatic rings. The number of carbonyl (C=O) groups excluding carboxylic acids is 2. The summed E-state index contributed by atoms with van der Waals surface area (Å²) in [6.07, 6.45) is 8.26. The number of nitrogens with one attached hydrogen (secondary N) is 2. The number of ether oxygens (including phenoxy) is 1. The molecule has 1 fully saturated rings. The molecule has 0 heterocycles. The third kappa shape index (κ3) is 7.38. The molecule has 2 rings (SSSR count). The molecule has 0 aliphatic heterocycles. The van der Waals surface area contributed by atoms with Gasteiger partial charge < -0.3 is 15.4 Å². The summed E-state index contributed by atoms with van der Waals surface area (Å²) in [5.74, 6) is 1.12. The number of para-hydroxylation sites is 1. The second-order valence-corrected chi connectivity index (χ2v) is 7.33. The maximum atomic E-state index is 12.6. The highest BCUT2D eigenvalue weighted by Gasteiger charge is 2.24. The first-order valence-electron chi connectivity index (χ1n) is 8.95. The van der Waals surface area contributed by atoms with Crippen molar-refractivity contribution in [2.24, 2.45) is 0 Å². The monoisotopic (exact) mass is 364 g/mol. The highest BCUT2D eigenvalue weighted by Crippen LogP contribution is 2.17. The van der Waals surface area contributed by atoms with Crippen molar-refractivity contribution in [3.8, 4) is 5.75 Å². The smallest absolute Gasteiger partial charge is 0.258 e. The summed E-state index contributed by atoms with van der Waals surface area (Å²) >= 11 is 1.67. The first-order valence-corrected chi connectivity index (χ1v) is 10.3. The van der Waals surface area contributed by atoms with Crippen LogP contribution in [0.5, 0.6) is 5.75 Å². The van der Waals surface area contributed by atoms with Crippen molar-refractivity contribution >= 4 is 23.6 Å². The number of benzene rings is 1. The SMILES string of the molecule is CSCC[C@@H](NC(=O)COc1ccccc1)C(=O)NC1CCCCC1. The second kappa shape index (κ2) is 11.0. The Hall–Kier alpha value is -1.69. The number of amides is 2. The molecule has 2 amide bonds. The van der Waals surface area contributed by atoms with Crippen molar-refractivity contribution in [2.75, 3.05) is 18.6 Å². The van der Waals surface area contributed by atoms with Gasteiger partial charge in [-0.15, -0.1) is 0 Å². The van der Waals surface area contributed by atoms with Crippen molar-refractivity contribution in [1.29, 1.82) is 0 Å². The largest absolute Gasteiger partial charge is 0.484 e. The van der Waals surface area contributed by atoms with Gasteiger partial charge in [0.05, 0.1) is 0 Å². The van der Waals surface area contributed by atoms with Crippen LogP contribution >= 0.6 is 11.8 Å². The predicted molar refractivity (Wildman–Crippen MR) is 102 cm³/mol. The molecule has 0 radical (unpaired) electrons. The third-order valence-electron chi connectivity index (χ3n) is 4.33. The van der Waals surface area contributed by atoms with Gasteiger partial charge in [-0.25, -0.2) is 0 Å². The summed E-state index contributed by atoms with van der Waals surface area (Å²) < 4.78 is 5.45. The van der Waals surface area contributed by atoms with Crippen molar-refractivity contribution in [2.45, 2.75) is 50.6 Å². The quantitative estimate of drug-likeness (QED) is 0.707. The Kier molecular flexibility index (Phi) is 8.66. The van der Waals surface area contributed by atoms with Gasteiger partial charge in [0.15, 0.2) is 6.61 Å². The average molecular weight is 365 g/mol. The van der Waals surface area contributed by atoms with Gasteiger partial charge in [0.25, 0.3) is 5.91 Å². The van der Waals surface area contributed by atoms with E-state index in [2.05, 4.69) is 10.6 Å². The van der Waals surface area contributed by atoms with Crippen LogP contribution in [0.2, 0.25) is 0 Å². The molecule has 6 heteroatoms. The number of carbonyl (C=O) groups is 2.